The van der Waals surface area contributed by atoms with Crippen molar-refractivity contribution in [1.29, 1.82) is 0 Å². The van der Waals surface area contributed by atoms with E-state index in [2.05, 4.69) is 10.3 Å². The molecule has 124 valence electrons. The Balaban J connectivity index is 1.78. The van der Waals surface area contributed by atoms with E-state index in [4.69, 9.17) is 4.42 Å². The minimum absolute atomic E-state index is 0.0703. The molecular formula is C18H24N2O3. The number of rotatable bonds is 7. The van der Waals surface area contributed by atoms with Gasteiger partial charge in [-0.15, -0.1) is 0 Å². The van der Waals surface area contributed by atoms with E-state index in [1.54, 1.807) is 13.1 Å². The first-order chi connectivity index (χ1) is 10.9. The highest BCUT2D eigenvalue weighted by Gasteiger charge is 2.28. The maximum Gasteiger partial charge on any atom is 0.220 e. The predicted octanol–water partition coefficient (Wildman–Crippen LogP) is 2.64. The standard InChI is InChI=1S/C18H24N2O3/c1-13-11-16(14(2)23-13)18(3,22)12-20-17(21)9-6-8-15-7-4-5-10-19-15/h4-5,7,10-11,22H,6,8-9,12H2,1-3H3,(H,20,21). The van der Waals surface area contributed by atoms with Gasteiger partial charge in [-0.1, -0.05) is 6.07 Å². The number of aromatic nitrogens is 1. The first-order valence-electron chi connectivity index (χ1n) is 7.85. The number of aryl methyl sites for hydroxylation is 3. The van der Waals surface area contributed by atoms with Crippen LogP contribution in [-0.4, -0.2) is 22.5 Å². The molecule has 0 aromatic carbocycles. The summed E-state index contributed by atoms with van der Waals surface area (Å²) in [6.07, 6.45) is 3.66. The largest absolute Gasteiger partial charge is 0.466 e. The molecule has 2 aromatic rings. The molecule has 5 heteroatoms. The van der Waals surface area contributed by atoms with Crippen LogP contribution in [0.3, 0.4) is 0 Å². The Morgan fingerprint density at radius 1 is 1.39 bits per heavy atom. The fourth-order valence-corrected chi connectivity index (χ4v) is 2.60. The van der Waals surface area contributed by atoms with Crippen molar-refractivity contribution in [3.63, 3.8) is 0 Å². The Kier molecular flexibility index (Phi) is 5.55. The molecule has 0 spiro atoms. The van der Waals surface area contributed by atoms with E-state index in [-0.39, 0.29) is 12.5 Å². The minimum Gasteiger partial charge on any atom is -0.466 e. The molecule has 23 heavy (non-hydrogen) atoms. The van der Waals surface area contributed by atoms with E-state index in [0.717, 1.165) is 24.3 Å². The van der Waals surface area contributed by atoms with Crippen LogP contribution >= 0.6 is 0 Å². The van der Waals surface area contributed by atoms with Crippen molar-refractivity contribution in [1.82, 2.24) is 10.3 Å². The Morgan fingerprint density at radius 3 is 2.78 bits per heavy atom. The molecule has 2 rings (SSSR count). The molecule has 0 saturated carbocycles. The molecule has 5 nitrogen and oxygen atoms in total. The number of furan rings is 1. The van der Waals surface area contributed by atoms with Crippen LogP contribution < -0.4 is 5.32 Å². The molecule has 1 unspecified atom stereocenters. The number of carbonyl (C=O) groups is 1. The summed E-state index contributed by atoms with van der Waals surface area (Å²) in [6, 6.07) is 7.57. The summed E-state index contributed by atoms with van der Waals surface area (Å²) in [5.41, 5.74) is 0.555. The summed E-state index contributed by atoms with van der Waals surface area (Å²) >= 11 is 0. The van der Waals surface area contributed by atoms with Crippen LogP contribution in [0.5, 0.6) is 0 Å². The zero-order valence-electron chi connectivity index (χ0n) is 13.9. The van der Waals surface area contributed by atoms with E-state index in [9.17, 15) is 9.90 Å². The number of nitrogens with zero attached hydrogens (tertiary/aromatic N) is 1. The number of hydrogen-bond donors (Lipinski definition) is 2. The van der Waals surface area contributed by atoms with Crippen LogP contribution in [0.25, 0.3) is 0 Å². The third kappa shape index (κ3) is 4.93. The Morgan fingerprint density at radius 2 is 2.17 bits per heavy atom. The van der Waals surface area contributed by atoms with Gasteiger partial charge in [0.1, 0.15) is 17.1 Å². The Hall–Kier alpha value is -2.14. The van der Waals surface area contributed by atoms with Crippen molar-refractivity contribution in [2.24, 2.45) is 0 Å². The van der Waals surface area contributed by atoms with Crippen LogP contribution in [0.2, 0.25) is 0 Å². The number of aliphatic hydroxyl groups is 1. The number of nitrogens with one attached hydrogen (secondary N) is 1. The molecule has 1 amide bonds. The van der Waals surface area contributed by atoms with Gasteiger partial charge in [-0.2, -0.15) is 0 Å². The summed E-state index contributed by atoms with van der Waals surface area (Å²) in [4.78, 5) is 16.2. The van der Waals surface area contributed by atoms with Gasteiger partial charge in [0, 0.05) is 23.9 Å². The second-order valence-corrected chi connectivity index (χ2v) is 6.05. The monoisotopic (exact) mass is 316 g/mol. The van der Waals surface area contributed by atoms with E-state index < -0.39 is 5.60 Å². The van der Waals surface area contributed by atoms with Crippen LogP contribution in [0.4, 0.5) is 0 Å². The molecular weight excluding hydrogens is 292 g/mol. The molecule has 2 aromatic heterocycles. The highest BCUT2D eigenvalue weighted by molar-refractivity contribution is 5.75. The van der Waals surface area contributed by atoms with Crippen molar-refractivity contribution in [3.05, 3.63) is 53.2 Å². The third-order valence-electron chi connectivity index (χ3n) is 3.81. The van der Waals surface area contributed by atoms with Crippen LogP contribution in [0.15, 0.2) is 34.9 Å². The molecule has 1 atom stereocenters. The summed E-state index contributed by atoms with van der Waals surface area (Å²) in [5, 5.41) is 13.3. The van der Waals surface area contributed by atoms with Crippen LogP contribution in [0, 0.1) is 13.8 Å². The lowest BCUT2D eigenvalue weighted by molar-refractivity contribution is -0.122. The summed E-state index contributed by atoms with van der Waals surface area (Å²) in [7, 11) is 0. The zero-order valence-corrected chi connectivity index (χ0v) is 13.9. The summed E-state index contributed by atoms with van der Waals surface area (Å²) in [5.74, 6) is 1.36. The fourth-order valence-electron chi connectivity index (χ4n) is 2.60. The summed E-state index contributed by atoms with van der Waals surface area (Å²) < 4.78 is 5.44. The average molecular weight is 316 g/mol. The third-order valence-corrected chi connectivity index (χ3v) is 3.81. The lowest BCUT2D eigenvalue weighted by Gasteiger charge is -2.23. The predicted molar refractivity (Wildman–Crippen MR) is 87.9 cm³/mol. The number of carbonyl (C=O) groups excluding carboxylic acids is 1. The van der Waals surface area contributed by atoms with E-state index in [0.29, 0.717) is 17.7 Å². The SMILES string of the molecule is Cc1cc(C(C)(O)CNC(=O)CCCc2ccccn2)c(C)o1. The highest BCUT2D eigenvalue weighted by atomic mass is 16.3. The minimum atomic E-state index is -1.14. The molecule has 0 saturated heterocycles. The van der Waals surface area contributed by atoms with Crippen molar-refractivity contribution < 1.29 is 14.3 Å². The van der Waals surface area contributed by atoms with Gasteiger partial charge in [-0.3, -0.25) is 9.78 Å². The second kappa shape index (κ2) is 7.42. The van der Waals surface area contributed by atoms with Gasteiger partial charge >= 0.3 is 0 Å². The van der Waals surface area contributed by atoms with E-state index in [1.165, 1.54) is 0 Å². The van der Waals surface area contributed by atoms with Gasteiger partial charge in [-0.25, -0.2) is 0 Å². The topological polar surface area (TPSA) is 75.4 Å². The summed E-state index contributed by atoms with van der Waals surface area (Å²) in [6.45, 7) is 5.49. The van der Waals surface area contributed by atoms with Gasteiger partial charge in [0.25, 0.3) is 0 Å². The smallest absolute Gasteiger partial charge is 0.220 e. The average Bonchev–Trinajstić information content (AvgIpc) is 2.86. The van der Waals surface area contributed by atoms with Gasteiger partial charge < -0.3 is 14.8 Å². The molecule has 2 heterocycles. The van der Waals surface area contributed by atoms with Crippen LogP contribution in [0.1, 0.15) is 42.5 Å². The van der Waals surface area contributed by atoms with Crippen molar-refractivity contribution in [2.45, 2.75) is 45.6 Å². The molecule has 0 radical (unpaired) electrons. The quantitative estimate of drug-likeness (QED) is 0.823. The number of pyridine rings is 1. The molecule has 0 aliphatic rings. The van der Waals surface area contributed by atoms with Crippen molar-refractivity contribution >= 4 is 5.91 Å². The Labute approximate surface area is 136 Å². The van der Waals surface area contributed by atoms with Crippen LogP contribution in [-0.2, 0) is 16.8 Å². The van der Waals surface area contributed by atoms with Crippen molar-refractivity contribution in [2.75, 3.05) is 6.54 Å². The lowest BCUT2D eigenvalue weighted by atomic mass is 9.96. The van der Waals surface area contributed by atoms with E-state index >= 15 is 0 Å². The maximum atomic E-state index is 11.9. The molecule has 0 bridgehead atoms. The number of hydrogen-bond acceptors (Lipinski definition) is 4. The first-order valence-corrected chi connectivity index (χ1v) is 7.85. The molecule has 0 aliphatic carbocycles. The normalized spacial score (nSPS) is 13.6. The molecule has 0 fully saturated rings. The maximum absolute atomic E-state index is 11.9. The first kappa shape index (κ1) is 17.2. The number of amides is 1. The van der Waals surface area contributed by atoms with Gasteiger partial charge in [0.2, 0.25) is 5.91 Å². The highest BCUT2D eigenvalue weighted by Crippen LogP contribution is 2.26. The lowest BCUT2D eigenvalue weighted by Crippen LogP contribution is -2.38. The fraction of sp³-hybridized carbons (Fsp3) is 0.444. The zero-order chi connectivity index (χ0) is 16.9. The Bertz CT molecular complexity index is 648. The second-order valence-electron chi connectivity index (χ2n) is 6.05. The molecule has 2 N–H and O–H groups in total. The van der Waals surface area contributed by atoms with Gasteiger partial charge in [-0.05, 0) is 51.8 Å². The van der Waals surface area contributed by atoms with E-state index in [1.807, 2.05) is 38.1 Å². The molecule has 0 aliphatic heterocycles. The van der Waals surface area contributed by atoms with Gasteiger partial charge in [0.05, 0.1) is 6.54 Å². The van der Waals surface area contributed by atoms with Crippen molar-refractivity contribution in [3.8, 4) is 0 Å². The van der Waals surface area contributed by atoms with Gasteiger partial charge in [0.15, 0.2) is 0 Å².